The summed E-state index contributed by atoms with van der Waals surface area (Å²) in [5.74, 6) is 0.526. The predicted octanol–water partition coefficient (Wildman–Crippen LogP) is 5.97. The van der Waals surface area contributed by atoms with Crippen LogP contribution in [0.2, 0.25) is 5.02 Å². The van der Waals surface area contributed by atoms with Gasteiger partial charge in [0.1, 0.15) is 11.9 Å². The van der Waals surface area contributed by atoms with Gasteiger partial charge in [0.25, 0.3) is 5.91 Å². The number of imidazole rings is 1. The standard InChI is InChI=1S/C23H16BrClN4O/c24-16-9-5-14(6-10-16)20-13-21(22-26-18-3-1-2-4-19(18)27-22)29(28-20)23(30)15-7-11-17(25)12-8-15/h1-12,21H,13H2,(H,26,27)/t21-/m0/s1. The fraction of sp³-hybridized carbons (Fsp3) is 0.0870. The topological polar surface area (TPSA) is 61.4 Å². The van der Waals surface area contributed by atoms with Gasteiger partial charge in [0.2, 0.25) is 0 Å². The van der Waals surface area contributed by atoms with Crippen molar-refractivity contribution in [1.82, 2.24) is 15.0 Å². The number of nitrogens with zero attached hydrogens (tertiary/aromatic N) is 3. The van der Waals surface area contributed by atoms with Crippen LogP contribution in [-0.4, -0.2) is 26.6 Å². The lowest BCUT2D eigenvalue weighted by molar-refractivity contribution is 0.0705. The molecule has 2 heterocycles. The number of aromatic amines is 1. The number of hydrazone groups is 1. The van der Waals surface area contributed by atoms with E-state index in [9.17, 15) is 4.79 Å². The maximum absolute atomic E-state index is 13.3. The SMILES string of the molecule is O=C(c1ccc(Cl)cc1)N1N=C(c2ccc(Br)cc2)C[C@H]1c1nc2ccccc2[nH]1. The number of amides is 1. The number of halogens is 2. The molecule has 0 saturated heterocycles. The second kappa shape index (κ2) is 7.70. The summed E-state index contributed by atoms with van der Waals surface area (Å²) in [7, 11) is 0. The Hall–Kier alpha value is -2.96. The lowest BCUT2D eigenvalue weighted by Crippen LogP contribution is -2.27. The van der Waals surface area contributed by atoms with E-state index in [4.69, 9.17) is 21.7 Å². The molecular weight excluding hydrogens is 464 g/mol. The summed E-state index contributed by atoms with van der Waals surface area (Å²) in [6.07, 6.45) is 0.570. The molecule has 0 bridgehead atoms. The zero-order valence-corrected chi connectivity index (χ0v) is 18.1. The minimum absolute atomic E-state index is 0.191. The van der Waals surface area contributed by atoms with E-state index in [-0.39, 0.29) is 11.9 Å². The molecule has 0 spiro atoms. The first-order valence-electron chi connectivity index (χ1n) is 9.46. The van der Waals surface area contributed by atoms with Gasteiger partial charge in [-0.05, 0) is 54.1 Å². The zero-order chi connectivity index (χ0) is 20.7. The average molecular weight is 480 g/mol. The minimum Gasteiger partial charge on any atom is -0.340 e. The highest BCUT2D eigenvalue weighted by atomic mass is 79.9. The third kappa shape index (κ3) is 3.53. The van der Waals surface area contributed by atoms with Crippen molar-refractivity contribution >= 4 is 50.2 Å². The molecule has 1 aliphatic heterocycles. The van der Waals surface area contributed by atoms with Gasteiger partial charge in [0.15, 0.2) is 0 Å². The van der Waals surface area contributed by atoms with Crippen LogP contribution in [0.15, 0.2) is 82.4 Å². The monoisotopic (exact) mass is 478 g/mol. The number of rotatable bonds is 3. The Morgan fingerprint density at radius 1 is 1.03 bits per heavy atom. The molecule has 3 aromatic carbocycles. The molecule has 1 amide bonds. The molecule has 1 aliphatic rings. The molecule has 30 heavy (non-hydrogen) atoms. The fourth-order valence-corrected chi connectivity index (χ4v) is 3.97. The molecule has 148 valence electrons. The van der Waals surface area contributed by atoms with Crippen LogP contribution in [0, 0.1) is 0 Å². The van der Waals surface area contributed by atoms with Crippen LogP contribution < -0.4 is 0 Å². The first-order valence-corrected chi connectivity index (χ1v) is 10.6. The van der Waals surface area contributed by atoms with E-state index in [0.717, 1.165) is 32.6 Å². The summed E-state index contributed by atoms with van der Waals surface area (Å²) in [6.45, 7) is 0. The molecule has 5 rings (SSSR count). The van der Waals surface area contributed by atoms with Crippen molar-refractivity contribution in [3.63, 3.8) is 0 Å². The number of carbonyl (C=O) groups is 1. The highest BCUT2D eigenvalue weighted by Gasteiger charge is 2.35. The number of hydrogen-bond acceptors (Lipinski definition) is 3. The van der Waals surface area contributed by atoms with Gasteiger partial charge in [-0.1, -0.05) is 51.8 Å². The molecule has 4 aromatic rings. The Balaban J connectivity index is 1.56. The molecule has 0 unspecified atom stereocenters. The molecule has 1 N–H and O–H groups in total. The van der Waals surface area contributed by atoms with Crippen molar-refractivity contribution in [1.29, 1.82) is 0 Å². The van der Waals surface area contributed by atoms with Crippen molar-refractivity contribution in [2.75, 3.05) is 0 Å². The summed E-state index contributed by atoms with van der Waals surface area (Å²) < 4.78 is 0.993. The molecule has 1 atom stereocenters. The van der Waals surface area contributed by atoms with Crippen LogP contribution in [0.3, 0.4) is 0 Å². The van der Waals surface area contributed by atoms with Gasteiger partial charge < -0.3 is 4.98 Å². The number of aromatic nitrogens is 2. The van der Waals surface area contributed by atoms with Crippen LogP contribution in [0.25, 0.3) is 11.0 Å². The Labute approximate surface area is 186 Å². The summed E-state index contributed by atoms with van der Waals surface area (Å²) >= 11 is 9.45. The third-order valence-corrected chi connectivity index (χ3v) is 5.89. The fourth-order valence-electron chi connectivity index (χ4n) is 3.58. The van der Waals surface area contributed by atoms with Gasteiger partial charge in [-0.2, -0.15) is 5.10 Å². The minimum atomic E-state index is -0.320. The van der Waals surface area contributed by atoms with Crippen molar-refractivity contribution in [3.8, 4) is 0 Å². The number of hydrogen-bond donors (Lipinski definition) is 1. The van der Waals surface area contributed by atoms with E-state index >= 15 is 0 Å². The summed E-state index contributed by atoms with van der Waals surface area (Å²) in [6, 6.07) is 22.3. The van der Waals surface area contributed by atoms with Crippen molar-refractivity contribution < 1.29 is 4.79 Å². The van der Waals surface area contributed by atoms with E-state index in [1.807, 2.05) is 48.5 Å². The van der Waals surface area contributed by atoms with E-state index in [1.165, 1.54) is 5.01 Å². The third-order valence-electron chi connectivity index (χ3n) is 5.11. The van der Waals surface area contributed by atoms with Gasteiger partial charge in [-0.3, -0.25) is 4.79 Å². The molecule has 0 aliphatic carbocycles. The molecule has 0 fully saturated rings. The van der Waals surface area contributed by atoms with Gasteiger partial charge in [0.05, 0.1) is 16.7 Å². The van der Waals surface area contributed by atoms with Crippen molar-refractivity contribution in [2.24, 2.45) is 5.10 Å². The number of carbonyl (C=O) groups excluding carboxylic acids is 1. The van der Waals surface area contributed by atoms with Gasteiger partial charge in [0, 0.05) is 21.5 Å². The highest BCUT2D eigenvalue weighted by Crippen LogP contribution is 2.34. The number of fused-ring (bicyclic) bond motifs is 1. The second-order valence-corrected chi connectivity index (χ2v) is 8.42. The number of H-pyrrole nitrogens is 1. The zero-order valence-electron chi connectivity index (χ0n) is 15.7. The van der Waals surface area contributed by atoms with Crippen LogP contribution in [-0.2, 0) is 0 Å². The molecular formula is C23H16BrClN4O. The first-order chi connectivity index (χ1) is 14.6. The molecule has 7 heteroatoms. The normalized spacial score (nSPS) is 16.1. The first kappa shape index (κ1) is 19.0. The van der Waals surface area contributed by atoms with E-state index in [1.54, 1.807) is 24.3 Å². The summed E-state index contributed by atoms with van der Waals surface area (Å²) in [4.78, 5) is 21.4. The van der Waals surface area contributed by atoms with Gasteiger partial charge in [-0.25, -0.2) is 9.99 Å². The van der Waals surface area contributed by atoms with Crippen molar-refractivity contribution in [2.45, 2.75) is 12.5 Å². The lowest BCUT2D eigenvalue weighted by atomic mass is 10.0. The molecule has 0 saturated carbocycles. The van der Waals surface area contributed by atoms with E-state index in [0.29, 0.717) is 17.0 Å². The Morgan fingerprint density at radius 3 is 2.50 bits per heavy atom. The van der Waals surface area contributed by atoms with Crippen LogP contribution >= 0.6 is 27.5 Å². The van der Waals surface area contributed by atoms with Crippen LogP contribution in [0.4, 0.5) is 0 Å². The summed E-state index contributed by atoms with van der Waals surface area (Å²) in [5.41, 5.74) is 4.15. The van der Waals surface area contributed by atoms with E-state index < -0.39 is 0 Å². The Kier molecular flexibility index (Phi) is 4.89. The average Bonchev–Trinajstić information content (AvgIpc) is 3.39. The smallest absolute Gasteiger partial charge is 0.274 e. The van der Waals surface area contributed by atoms with Crippen LogP contribution in [0.5, 0.6) is 0 Å². The van der Waals surface area contributed by atoms with Crippen LogP contribution in [0.1, 0.15) is 34.2 Å². The summed E-state index contributed by atoms with van der Waals surface area (Å²) in [5, 5.41) is 6.82. The maximum atomic E-state index is 13.3. The molecule has 5 nitrogen and oxygen atoms in total. The van der Waals surface area contributed by atoms with Gasteiger partial charge in [-0.15, -0.1) is 0 Å². The van der Waals surface area contributed by atoms with Gasteiger partial charge >= 0.3 is 0 Å². The molecule has 0 radical (unpaired) electrons. The van der Waals surface area contributed by atoms with Crippen molar-refractivity contribution in [3.05, 3.63) is 99.2 Å². The quantitative estimate of drug-likeness (QED) is 0.393. The largest absolute Gasteiger partial charge is 0.340 e. The number of nitrogens with one attached hydrogen (secondary N) is 1. The lowest BCUT2D eigenvalue weighted by Gasteiger charge is -2.20. The molecule has 1 aromatic heterocycles. The number of benzene rings is 3. The Bertz CT molecular complexity index is 1230. The second-order valence-electron chi connectivity index (χ2n) is 7.07. The Morgan fingerprint density at radius 2 is 1.77 bits per heavy atom. The van der Waals surface area contributed by atoms with E-state index in [2.05, 4.69) is 20.9 Å². The number of para-hydroxylation sites is 2. The maximum Gasteiger partial charge on any atom is 0.274 e. The highest BCUT2D eigenvalue weighted by molar-refractivity contribution is 9.10. The predicted molar refractivity (Wildman–Crippen MR) is 122 cm³/mol.